The van der Waals surface area contributed by atoms with Gasteiger partial charge in [-0.25, -0.2) is 4.98 Å². The molecule has 4 heteroatoms. The van der Waals surface area contributed by atoms with Crippen molar-refractivity contribution in [2.24, 2.45) is 5.73 Å². The number of nitrogens with zero attached hydrogens (tertiary/aromatic N) is 2. The molecule has 2 heterocycles. The number of hydrogen-bond donors (Lipinski definition) is 1. The number of fused-ring (bicyclic) bond motifs is 1. The molecule has 0 bridgehead atoms. The summed E-state index contributed by atoms with van der Waals surface area (Å²) in [6.07, 6.45) is 2.03. The Balaban J connectivity index is 2.10. The summed E-state index contributed by atoms with van der Waals surface area (Å²) in [5, 5.41) is 0. The van der Waals surface area contributed by atoms with Gasteiger partial charge in [0, 0.05) is 18.3 Å². The summed E-state index contributed by atoms with van der Waals surface area (Å²) in [5.74, 6) is 0.871. The predicted octanol–water partition coefficient (Wildman–Crippen LogP) is 3.17. The van der Waals surface area contributed by atoms with E-state index in [0.29, 0.717) is 13.2 Å². The second kappa shape index (κ2) is 5.58. The summed E-state index contributed by atoms with van der Waals surface area (Å²) in [7, 11) is 0. The van der Waals surface area contributed by atoms with Crippen molar-refractivity contribution in [3.05, 3.63) is 53.9 Å². The van der Waals surface area contributed by atoms with E-state index in [1.54, 1.807) is 0 Å². The van der Waals surface area contributed by atoms with Crippen LogP contribution >= 0.6 is 0 Å². The van der Waals surface area contributed by atoms with E-state index < -0.39 is 0 Å². The summed E-state index contributed by atoms with van der Waals surface area (Å²) >= 11 is 0. The van der Waals surface area contributed by atoms with Crippen LogP contribution in [0.3, 0.4) is 0 Å². The number of ether oxygens (including phenoxy) is 1. The monoisotopic (exact) mass is 281 g/mol. The normalized spacial score (nSPS) is 11.0. The van der Waals surface area contributed by atoms with Crippen molar-refractivity contribution in [1.82, 2.24) is 9.38 Å². The molecule has 1 aromatic carbocycles. The Hall–Kier alpha value is -2.33. The summed E-state index contributed by atoms with van der Waals surface area (Å²) < 4.78 is 7.53. The van der Waals surface area contributed by atoms with E-state index in [9.17, 15) is 0 Å². The summed E-state index contributed by atoms with van der Waals surface area (Å²) in [6.45, 7) is 5.16. The van der Waals surface area contributed by atoms with Crippen molar-refractivity contribution in [2.45, 2.75) is 20.4 Å². The Kier molecular flexibility index (Phi) is 3.62. The third-order valence-electron chi connectivity index (χ3n) is 3.51. The Morgan fingerprint density at radius 3 is 2.62 bits per heavy atom. The molecule has 0 saturated heterocycles. The molecule has 0 aliphatic heterocycles. The molecule has 108 valence electrons. The molecule has 0 radical (unpaired) electrons. The van der Waals surface area contributed by atoms with Gasteiger partial charge in [0.2, 0.25) is 0 Å². The zero-order valence-corrected chi connectivity index (χ0v) is 12.3. The third kappa shape index (κ3) is 2.50. The standard InChI is InChI=1S/C17H19N3O/c1-3-21-14-6-4-13(5-7-14)17-15(11-18)20-9-8-12(2)10-16(20)19-17/h4-10H,3,11,18H2,1-2H3. The van der Waals surface area contributed by atoms with Crippen LogP contribution in [0.15, 0.2) is 42.6 Å². The Morgan fingerprint density at radius 2 is 1.95 bits per heavy atom. The van der Waals surface area contributed by atoms with E-state index in [0.717, 1.165) is 28.3 Å². The van der Waals surface area contributed by atoms with Crippen LogP contribution in [-0.4, -0.2) is 16.0 Å². The molecule has 4 nitrogen and oxygen atoms in total. The molecular formula is C17H19N3O. The van der Waals surface area contributed by atoms with Crippen LogP contribution in [0.25, 0.3) is 16.9 Å². The third-order valence-corrected chi connectivity index (χ3v) is 3.51. The Bertz CT molecular complexity index is 760. The first-order valence-electron chi connectivity index (χ1n) is 7.14. The molecule has 0 aliphatic carbocycles. The molecule has 0 spiro atoms. The second-order valence-corrected chi connectivity index (χ2v) is 5.00. The molecular weight excluding hydrogens is 262 g/mol. The number of hydrogen-bond acceptors (Lipinski definition) is 3. The SMILES string of the molecule is CCOc1ccc(-c2nc3cc(C)ccn3c2CN)cc1. The van der Waals surface area contributed by atoms with Crippen LogP contribution < -0.4 is 10.5 Å². The largest absolute Gasteiger partial charge is 0.494 e. The molecule has 21 heavy (non-hydrogen) atoms. The first-order chi connectivity index (χ1) is 10.2. The maximum atomic E-state index is 5.93. The Morgan fingerprint density at radius 1 is 1.19 bits per heavy atom. The zero-order chi connectivity index (χ0) is 14.8. The fourth-order valence-corrected chi connectivity index (χ4v) is 2.50. The number of nitrogens with two attached hydrogens (primary N) is 1. The molecule has 3 aromatic rings. The van der Waals surface area contributed by atoms with Crippen molar-refractivity contribution in [3.63, 3.8) is 0 Å². The van der Waals surface area contributed by atoms with Gasteiger partial charge in [-0.05, 0) is 55.8 Å². The van der Waals surface area contributed by atoms with Gasteiger partial charge in [-0.3, -0.25) is 0 Å². The van der Waals surface area contributed by atoms with E-state index >= 15 is 0 Å². The quantitative estimate of drug-likeness (QED) is 0.799. The number of pyridine rings is 1. The van der Waals surface area contributed by atoms with Gasteiger partial charge in [-0.2, -0.15) is 0 Å². The molecule has 2 aromatic heterocycles. The smallest absolute Gasteiger partial charge is 0.137 e. The molecule has 2 N–H and O–H groups in total. The minimum Gasteiger partial charge on any atom is -0.494 e. The highest BCUT2D eigenvalue weighted by atomic mass is 16.5. The average Bonchev–Trinajstić information content (AvgIpc) is 2.85. The van der Waals surface area contributed by atoms with E-state index in [4.69, 9.17) is 15.5 Å². The van der Waals surface area contributed by atoms with Gasteiger partial charge >= 0.3 is 0 Å². The first kappa shape index (κ1) is 13.6. The van der Waals surface area contributed by atoms with Crippen LogP contribution in [0.1, 0.15) is 18.2 Å². The number of aromatic nitrogens is 2. The highest BCUT2D eigenvalue weighted by Gasteiger charge is 2.12. The van der Waals surface area contributed by atoms with Crippen molar-refractivity contribution >= 4 is 5.65 Å². The van der Waals surface area contributed by atoms with Crippen LogP contribution in [0.5, 0.6) is 5.75 Å². The van der Waals surface area contributed by atoms with Crippen molar-refractivity contribution < 1.29 is 4.74 Å². The number of rotatable bonds is 4. The number of aryl methyl sites for hydroxylation is 1. The molecule has 0 amide bonds. The topological polar surface area (TPSA) is 52.5 Å². The average molecular weight is 281 g/mol. The van der Waals surface area contributed by atoms with Crippen LogP contribution in [0, 0.1) is 6.92 Å². The highest BCUT2D eigenvalue weighted by molar-refractivity contribution is 5.67. The Labute approximate surface area is 124 Å². The molecule has 0 fully saturated rings. The van der Waals surface area contributed by atoms with Crippen LogP contribution in [0.2, 0.25) is 0 Å². The maximum Gasteiger partial charge on any atom is 0.137 e. The van der Waals surface area contributed by atoms with Gasteiger partial charge in [0.15, 0.2) is 0 Å². The van der Waals surface area contributed by atoms with Crippen LogP contribution in [0.4, 0.5) is 0 Å². The minimum absolute atomic E-state index is 0.451. The maximum absolute atomic E-state index is 5.93. The van der Waals surface area contributed by atoms with Crippen LogP contribution in [-0.2, 0) is 6.54 Å². The fraction of sp³-hybridized carbons (Fsp3) is 0.235. The van der Waals surface area contributed by atoms with Gasteiger partial charge in [0.05, 0.1) is 18.0 Å². The molecule has 3 rings (SSSR count). The van der Waals surface area contributed by atoms with E-state index in [2.05, 4.69) is 23.5 Å². The summed E-state index contributed by atoms with van der Waals surface area (Å²) in [5.41, 5.74) is 11.1. The minimum atomic E-state index is 0.451. The predicted molar refractivity (Wildman–Crippen MR) is 84.4 cm³/mol. The lowest BCUT2D eigenvalue weighted by molar-refractivity contribution is 0.340. The first-order valence-corrected chi connectivity index (χ1v) is 7.14. The van der Waals surface area contributed by atoms with Gasteiger partial charge in [-0.1, -0.05) is 0 Å². The number of imidazole rings is 1. The van der Waals surface area contributed by atoms with E-state index in [-0.39, 0.29) is 0 Å². The van der Waals surface area contributed by atoms with E-state index in [1.165, 1.54) is 5.56 Å². The fourth-order valence-electron chi connectivity index (χ4n) is 2.50. The number of benzene rings is 1. The molecule has 0 aliphatic rings. The lowest BCUT2D eigenvalue weighted by atomic mass is 10.1. The van der Waals surface area contributed by atoms with Gasteiger partial charge in [0.1, 0.15) is 11.4 Å². The second-order valence-electron chi connectivity index (χ2n) is 5.00. The lowest BCUT2D eigenvalue weighted by Gasteiger charge is -2.05. The molecule has 0 saturated carbocycles. The van der Waals surface area contributed by atoms with Gasteiger partial charge < -0.3 is 14.9 Å². The molecule has 0 unspecified atom stereocenters. The van der Waals surface area contributed by atoms with Crippen molar-refractivity contribution in [2.75, 3.05) is 6.61 Å². The lowest BCUT2D eigenvalue weighted by Crippen LogP contribution is -2.02. The van der Waals surface area contributed by atoms with Gasteiger partial charge in [0.25, 0.3) is 0 Å². The zero-order valence-electron chi connectivity index (χ0n) is 12.3. The summed E-state index contributed by atoms with van der Waals surface area (Å²) in [6, 6.07) is 12.1. The van der Waals surface area contributed by atoms with Crippen molar-refractivity contribution in [3.8, 4) is 17.0 Å². The van der Waals surface area contributed by atoms with Gasteiger partial charge in [-0.15, -0.1) is 0 Å². The molecule has 0 atom stereocenters. The van der Waals surface area contributed by atoms with Crippen molar-refractivity contribution in [1.29, 1.82) is 0 Å². The highest BCUT2D eigenvalue weighted by Crippen LogP contribution is 2.26. The van der Waals surface area contributed by atoms with E-state index in [1.807, 2.05) is 37.4 Å². The summed E-state index contributed by atoms with van der Waals surface area (Å²) in [4.78, 5) is 4.73.